The van der Waals surface area contributed by atoms with Crippen molar-refractivity contribution < 1.29 is 14.3 Å². The zero-order chi connectivity index (χ0) is 20.0. The molecule has 5 heteroatoms. The number of anilines is 1. The summed E-state index contributed by atoms with van der Waals surface area (Å²) in [6.45, 7) is 10.9. The van der Waals surface area contributed by atoms with E-state index in [-0.39, 0.29) is 5.91 Å². The van der Waals surface area contributed by atoms with Gasteiger partial charge >= 0.3 is 0 Å². The third-order valence-corrected chi connectivity index (χ3v) is 5.94. The van der Waals surface area contributed by atoms with Gasteiger partial charge in [-0.15, -0.1) is 0 Å². The molecule has 1 aliphatic carbocycles. The third-order valence-electron chi connectivity index (χ3n) is 5.94. The lowest BCUT2D eigenvalue weighted by molar-refractivity contribution is -0.142. The highest BCUT2D eigenvalue weighted by molar-refractivity contribution is 5.97. The van der Waals surface area contributed by atoms with Crippen LogP contribution in [0.2, 0.25) is 0 Å². The minimum Gasteiger partial charge on any atom is -0.492 e. The standard InChI is InChI=1S/C23H36N2O3/c1-4-15-28-23(3,19-7-8-19)22(26)24-20-9-11-21(12-10-20)27-16-14-25-13-5-6-18(2)17-25/h9-12,18-19H,4-8,13-17H2,1-3H3,(H,24,26)/t18-,23+/m1/s1. The molecule has 0 radical (unpaired) electrons. The number of piperidine rings is 1. The fraction of sp³-hybridized carbons (Fsp3) is 0.696. The Kier molecular flexibility index (Phi) is 7.36. The molecule has 1 N–H and O–H groups in total. The Hall–Kier alpha value is -1.59. The lowest BCUT2D eigenvalue weighted by atomic mass is 9.98. The summed E-state index contributed by atoms with van der Waals surface area (Å²) in [5.74, 6) is 1.92. The Morgan fingerprint density at radius 1 is 1.21 bits per heavy atom. The molecule has 3 rings (SSSR count). The van der Waals surface area contributed by atoms with Gasteiger partial charge in [-0.25, -0.2) is 0 Å². The van der Waals surface area contributed by atoms with E-state index in [1.165, 1.54) is 25.9 Å². The van der Waals surface area contributed by atoms with E-state index in [0.29, 0.717) is 19.1 Å². The number of rotatable bonds is 10. The highest BCUT2D eigenvalue weighted by Gasteiger charge is 2.48. The number of benzene rings is 1. The van der Waals surface area contributed by atoms with Crippen LogP contribution in [0, 0.1) is 11.8 Å². The molecule has 1 saturated heterocycles. The zero-order valence-electron chi connectivity index (χ0n) is 17.7. The molecule has 0 unspecified atom stereocenters. The van der Waals surface area contributed by atoms with Gasteiger partial charge in [-0.05, 0) is 81.7 Å². The fourth-order valence-electron chi connectivity index (χ4n) is 3.99. The number of nitrogens with one attached hydrogen (secondary N) is 1. The molecule has 1 heterocycles. The predicted octanol–water partition coefficient (Wildman–Crippen LogP) is 4.33. The highest BCUT2D eigenvalue weighted by Crippen LogP contribution is 2.42. The van der Waals surface area contributed by atoms with Gasteiger partial charge in [-0.3, -0.25) is 9.69 Å². The fourth-order valence-corrected chi connectivity index (χ4v) is 3.99. The van der Waals surface area contributed by atoms with E-state index in [1.807, 2.05) is 31.2 Å². The van der Waals surface area contributed by atoms with Crippen molar-refractivity contribution >= 4 is 11.6 Å². The van der Waals surface area contributed by atoms with Crippen LogP contribution in [0.5, 0.6) is 5.75 Å². The molecule has 2 fully saturated rings. The van der Waals surface area contributed by atoms with E-state index in [4.69, 9.17) is 9.47 Å². The number of amides is 1. The molecule has 1 aromatic carbocycles. The normalized spacial score (nSPS) is 22.5. The maximum atomic E-state index is 12.8. The average molecular weight is 389 g/mol. The van der Waals surface area contributed by atoms with E-state index >= 15 is 0 Å². The number of likely N-dealkylation sites (tertiary alicyclic amines) is 1. The molecule has 1 aliphatic heterocycles. The van der Waals surface area contributed by atoms with Gasteiger partial charge in [0.05, 0.1) is 0 Å². The van der Waals surface area contributed by atoms with Crippen LogP contribution in [0.1, 0.15) is 52.9 Å². The zero-order valence-corrected chi connectivity index (χ0v) is 17.7. The van der Waals surface area contributed by atoms with E-state index in [2.05, 4.69) is 24.1 Å². The van der Waals surface area contributed by atoms with Gasteiger partial charge in [0, 0.05) is 25.4 Å². The first-order chi connectivity index (χ1) is 13.5. The average Bonchev–Trinajstić information content (AvgIpc) is 3.53. The second-order valence-corrected chi connectivity index (χ2v) is 8.60. The van der Waals surface area contributed by atoms with Crippen molar-refractivity contribution in [3.63, 3.8) is 0 Å². The molecule has 1 saturated carbocycles. The summed E-state index contributed by atoms with van der Waals surface area (Å²) in [6, 6.07) is 7.66. The maximum absolute atomic E-state index is 12.8. The molecular weight excluding hydrogens is 352 g/mol. The number of carbonyl (C=O) groups excluding carboxylic acids is 1. The Bertz CT molecular complexity index is 629. The van der Waals surface area contributed by atoms with Gasteiger partial charge in [-0.2, -0.15) is 0 Å². The van der Waals surface area contributed by atoms with Crippen LogP contribution in [0.15, 0.2) is 24.3 Å². The van der Waals surface area contributed by atoms with E-state index in [0.717, 1.165) is 43.2 Å². The Morgan fingerprint density at radius 2 is 1.96 bits per heavy atom. The molecule has 5 nitrogen and oxygen atoms in total. The predicted molar refractivity (Wildman–Crippen MR) is 113 cm³/mol. The Balaban J connectivity index is 1.46. The molecule has 1 aromatic rings. The summed E-state index contributed by atoms with van der Waals surface area (Å²) in [4.78, 5) is 15.3. The van der Waals surface area contributed by atoms with Gasteiger partial charge < -0.3 is 14.8 Å². The van der Waals surface area contributed by atoms with Crippen LogP contribution in [-0.4, -0.2) is 49.3 Å². The van der Waals surface area contributed by atoms with Gasteiger partial charge in [0.15, 0.2) is 0 Å². The lowest BCUT2D eigenvalue weighted by Gasteiger charge is -2.30. The van der Waals surface area contributed by atoms with Gasteiger partial charge in [0.1, 0.15) is 18.0 Å². The summed E-state index contributed by atoms with van der Waals surface area (Å²) in [5.41, 5.74) is 0.0608. The summed E-state index contributed by atoms with van der Waals surface area (Å²) in [7, 11) is 0. The van der Waals surface area contributed by atoms with Crippen molar-refractivity contribution in [1.29, 1.82) is 0 Å². The largest absolute Gasteiger partial charge is 0.492 e. The molecule has 1 amide bonds. The van der Waals surface area contributed by atoms with Crippen LogP contribution in [0.3, 0.4) is 0 Å². The lowest BCUT2D eigenvalue weighted by Crippen LogP contribution is -2.45. The molecule has 0 spiro atoms. The van der Waals surface area contributed by atoms with E-state index in [1.54, 1.807) is 0 Å². The van der Waals surface area contributed by atoms with E-state index < -0.39 is 5.60 Å². The van der Waals surface area contributed by atoms with Crippen LogP contribution in [0.4, 0.5) is 5.69 Å². The Morgan fingerprint density at radius 3 is 2.61 bits per heavy atom. The van der Waals surface area contributed by atoms with Gasteiger partial charge in [0.2, 0.25) is 0 Å². The minimum absolute atomic E-state index is 0.0451. The molecule has 0 aromatic heterocycles. The van der Waals surface area contributed by atoms with Crippen molar-refractivity contribution in [2.24, 2.45) is 11.8 Å². The first-order valence-electron chi connectivity index (χ1n) is 10.9. The minimum atomic E-state index is -0.725. The second kappa shape index (κ2) is 9.75. The van der Waals surface area contributed by atoms with Crippen LogP contribution < -0.4 is 10.1 Å². The first kappa shape index (κ1) is 21.1. The Labute approximate surface area is 169 Å². The molecule has 156 valence electrons. The van der Waals surface area contributed by atoms with E-state index in [9.17, 15) is 4.79 Å². The topological polar surface area (TPSA) is 50.8 Å². The summed E-state index contributed by atoms with van der Waals surface area (Å²) >= 11 is 0. The van der Waals surface area contributed by atoms with Crippen molar-refractivity contribution in [2.45, 2.75) is 58.5 Å². The quantitative estimate of drug-likeness (QED) is 0.648. The van der Waals surface area contributed by atoms with Crippen LogP contribution in [-0.2, 0) is 9.53 Å². The smallest absolute Gasteiger partial charge is 0.256 e. The van der Waals surface area contributed by atoms with Gasteiger partial charge in [0.25, 0.3) is 5.91 Å². The molecule has 0 bridgehead atoms. The van der Waals surface area contributed by atoms with Crippen molar-refractivity contribution in [2.75, 3.05) is 38.2 Å². The molecular formula is C23H36N2O3. The molecule has 2 aliphatic rings. The second-order valence-electron chi connectivity index (χ2n) is 8.60. The van der Waals surface area contributed by atoms with Crippen molar-refractivity contribution in [3.8, 4) is 5.75 Å². The molecule has 28 heavy (non-hydrogen) atoms. The first-order valence-corrected chi connectivity index (χ1v) is 10.9. The summed E-state index contributed by atoms with van der Waals surface area (Å²) in [5, 5.41) is 3.02. The monoisotopic (exact) mass is 388 g/mol. The van der Waals surface area contributed by atoms with Gasteiger partial charge in [-0.1, -0.05) is 13.8 Å². The number of ether oxygens (including phenoxy) is 2. The number of hydrogen-bond acceptors (Lipinski definition) is 4. The SMILES string of the molecule is CCCO[C@](C)(C(=O)Nc1ccc(OCCN2CCC[C@@H](C)C2)cc1)C1CC1. The summed E-state index contributed by atoms with van der Waals surface area (Å²) in [6.07, 6.45) is 5.68. The molecule has 2 atom stereocenters. The number of nitrogens with zero attached hydrogens (tertiary/aromatic N) is 1. The van der Waals surface area contributed by atoms with Crippen molar-refractivity contribution in [3.05, 3.63) is 24.3 Å². The maximum Gasteiger partial charge on any atom is 0.256 e. The van der Waals surface area contributed by atoms with Crippen LogP contribution in [0.25, 0.3) is 0 Å². The van der Waals surface area contributed by atoms with Crippen LogP contribution >= 0.6 is 0 Å². The third kappa shape index (κ3) is 5.71. The summed E-state index contributed by atoms with van der Waals surface area (Å²) < 4.78 is 11.8. The van der Waals surface area contributed by atoms with Crippen molar-refractivity contribution in [1.82, 2.24) is 4.90 Å². The highest BCUT2D eigenvalue weighted by atomic mass is 16.5. The number of carbonyl (C=O) groups is 1. The number of hydrogen-bond donors (Lipinski definition) is 1.